The van der Waals surface area contributed by atoms with E-state index in [1.807, 2.05) is 18.4 Å². The molecule has 2 fully saturated rings. The highest BCUT2D eigenvalue weighted by atomic mass is 35.5. The van der Waals surface area contributed by atoms with Crippen molar-refractivity contribution in [2.45, 2.75) is 117 Å². The van der Waals surface area contributed by atoms with Crippen molar-refractivity contribution in [2.24, 2.45) is 11.8 Å². The van der Waals surface area contributed by atoms with Crippen LogP contribution >= 0.6 is 23.2 Å². The fourth-order valence-electron chi connectivity index (χ4n) is 10.4. The highest BCUT2D eigenvalue weighted by Crippen LogP contribution is 2.40. The molecule has 6 aromatic rings. The number of aromatic nitrogens is 2. The van der Waals surface area contributed by atoms with E-state index in [-0.39, 0.29) is 97.3 Å². The van der Waals surface area contributed by atoms with E-state index in [1.165, 1.54) is 46.8 Å². The van der Waals surface area contributed by atoms with E-state index in [4.69, 9.17) is 46.6 Å². The maximum absolute atomic E-state index is 15.4. The van der Waals surface area contributed by atoms with Crippen molar-refractivity contribution in [3.05, 3.63) is 136 Å². The third-order valence-electron chi connectivity index (χ3n) is 16.2. The molecule has 0 bridgehead atoms. The van der Waals surface area contributed by atoms with Crippen molar-refractivity contribution in [3.8, 4) is 11.5 Å². The second-order valence-corrected chi connectivity index (χ2v) is 28.9. The lowest BCUT2D eigenvalue weighted by Gasteiger charge is -2.38. The number of aliphatic hydroxyl groups excluding tert-OH is 1. The van der Waals surface area contributed by atoms with Gasteiger partial charge in [-0.3, -0.25) is 19.2 Å². The summed E-state index contributed by atoms with van der Waals surface area (Å²) in [4.78, 5) is 80.4. The third-order valence-corrected chi connectivity index (χ3v) is 21.3. The largest absolute Gasteiger partial charge is 0.496 e. The number of fused-ring (bicyclic) bond motifs is 2. The van der Waals surface area contributed by atoms with E-state index in [0.29, 0.717) is 84.0 Å². The first kappa shape index (κ1) is 63.9. The molecule has 4 aromatic carbocycles. The van der Waals surface area contributed by atoms with Crippen molar-refractivity contribution < 1.29 is 56.4 Å². The van der Waals surface area contributed by atoms with Gasteiger partial charge in [-0.2, -0.15) is 0 Å². The molecule has 0 aliphatic carbocycles. The van der Waals surface area contributed by atoms with E-state index in [1.54, 1.807) is 57.0 Å². The van der Waals surface area contributed by atoms with Gasteiger partial charge < -0.3 is 47.4 Å². The first-order chi connectivity index (χ1) is 39.1. The minimum atomic E-state index is -2.13. The summed E-state index contributed by atoms with van der Waals surface area (Å²) >= 11 is 12.5. The summed E-state index contributed by atoms with van der Waals surface area (Å²) in [5.74, 6) is -2.03. The number of esters is 2. The van der Waals surface area contributed by atoms with Gasteiger partial charge in [0.25, 0.3) is 0 Å². The van der Waals surface area contributed by atoms with Gasteiger partial charge >= 0.3 is 11.9 Å². The van der Waals surface area contributed by atoms with Crippen molar-refractivity contribution in [1.82, 2.24) is 9.13 Å². The Hall–Kier alpha value is -6.64. The fourth-order valence-corrected chi connectivity index (χ4v) is 11.9. The van der Waals surface area contributed by atoms with Crippen LogP contribution in [0.1, 0.15) is 129 Å². The van der Waals surface area contributed by atoms with Crippen LogP contribution in [0.2, 0.25) is 28.2 Å². The molecule has 2 saturated heterocycles. The van der Waals surface area contributed by atoms with Gasteiger partial charge in [-0.25, -0.2) is 18.4 Å². The number of pyridine rings is 2. The van der Waals surface area contributed by atoms with Crippen molar-refractivity contribution in [2.75, 3.05) is 64.5 Å². The number of nitrogens with zero attached hydrogens (tertiary/aromatic N) is 4. The predicted octanol–water partition coefficient (Wildman–Crippen LogP) is 12.0. The molecule has 446 valence electrons. The lowest BCUT2D eigenvalue weighted by molar-refractivity contribution is -0.117. The number of benzene rings is 4. The number of halogens is 4. The van der Waals surface area contributed by atoms with E-state index in [2.05, 4.69) is 47.7 Å². The van der Waals surface area contributed by atoms with Gasteiger partial charge in [-0.1, -0.05) is 71.7 Å². The van der Waals surface area contributed by atoms with Gasteiger partial charge in [0.05, 0.1) is 74.8 Å². The van der Waals surface area contributed by atoms with Crippen LogP contribution in [0, 0.1) is 23.5 Å². The summed E-state index contributed by atoms with van der Waals surface area (Å²) in [6.07, 6.45) is 5.26. The standard InChI is InChI=1S/C34H44ClFN2O6Si.C28H30ClFN2O6/c1-20(2)28(19-44-45(8,9)34(3,4)5)38-18-25(33(41)43-7)32(40)24-15-21(29(42-6)17-27(24)38)13-22-14-23(16-26(35)31(22)36)37-12-10-11-30(37)39;1-15(2)23(14-33)32-13-20(28(36)38-4)27(35)19-10-16(24(37-3)12-22(19)32)8-17-9-18(11-21(29)26(17)30)31-7-5-6-25(31)34/h14-18,20,28H,10-13,19H2,1-9H3;9-13,15,23,33H,5-8,14H2,1-4H3/t28-;23-/m11/s1. The number of anilines is 2. The summed E-state index contributed by atoms with van der Waals surface area (Å²) in [7, 11) is 3.27. The molecule has 16 nitrogen and oxygen atoms in total. The van der Waals surface area contributed by atoms with E-state index >= 15 is 8.78 Å². The molecule has 2 aromatic heterocycles. The summed E-state index contributed by atoms with van der Waals surface area (Å²) in [5.41, 5.74) is 2.18. The molecule has 0 radical (unpaired) electrons. The smallest absolute Gasteiger partial charge is 0.343 e. The van der Waals surface area contributed by atoms with Crippen LogP contribution in [0.25, 0.3) is 21.8 Å². The monoisotopic (exact) mass is 1200 g/mol. The van der Waals surface area contributed by atoms with Crippen LogP contribution in [0.15, 0.2) is 70.5 Å². The molecule has 2 aliphatic rings. The fraction of sp³-hybridized carbons (Fsp3) is 0.452. The Morgan fingerprint density at radius 3 is 1.35 bits per heavy atom. The van der Waals surface area contributed by atoms with E-state index < -0.39 is 48.8 Å². The highest BCUT2D eigenvalue weighted by Gasteiger charge is 2.38. The molecule has 21 heteroatoms. The Labute approximate surface area is 493 Å². The summed E-state index contributed by atoms with van der Waals surface area (Å²) in [5, 5.41) is 10.3. The molecule has 4 heterocycles. The molecule has 2 amide bonds. The Bertz CT molecular complexity index is 3620. The maximum Gasteiger partial charge on any atom is 0.343 e. The maximum atomic E-state index is 15.4. The first-order valence-corrected chi connectivity index (χ1v) is 31.3. The van der Waals surface area contributed by atoms with Crippen LogP contribution in [-0.4, -0.2) is 101 Å². The zero-order valence-corrected chi connectivity index (χ0v) is 51.9. The van der Waals surface area contributed by atoms with E-state index in [0.717, 1.165) is 6.42 Å². The average molecular weight is 1200 g/mol. The number of ether oxygens (including phenoxy) is 4. The second kappa shape index (κ2) is 26.1. The van der Waals surface area contributed by atoms with Crippen LogP contribution < -0.4 is 30.1 Å². The number of rotatable bonds is 18. The number of hydrogen-bond acceptors (Lipinski definition) is 12. The summed E-state index contributed by atoms with van der Waals surface area (Å²) < 4.78 is 62.0. The Morgan fingerprint density at radius 1 is 0.627 bits per heavy atom. The van der Waals surface area contributed by atoms with Gasteiger partial charge in [-0.05, 0) is 101 Å². The number of hydrogen-bond donors (Lipinski definition) is 1. The van der Waals surface area contributed by atoms with Gasteiger partial charge in [0.2, 0.25) is 22.7 Å². The number of amides is 2. The first-order valence-electron chi connectivity index (χ1n) is 27.6. The number of carbonyl (C=O) groups is 4. The second-order valence-electron chi connectivity index (χ2n) is 23.2. The third kappa shape index (κ3) is 13.3. The van der Waals surface area contributed by atoms with Gasteiger partial charge in [0, 0.05) is 85.4 Å². The number of carbonyl (C=O) groups excluding carboxylic acids is 4. The minimum absolute atomic E-state index is 0.00697. The predicted molar refractivity (Wildman–Crippen MR) is 322 cm³/mol. The van der Waals surface area contributed by atoms with Crippen LogP contribution in [0.4, 0.5) is 20.2 Å². The summed E-state index contributed by atoms with van der Waals surface area (Å²) in [6.45, 7) is 20.1. The average Bonchev–Trinajstić information content (AvgIpc) is 3.20. The Kier molecular flexibility index (Phi) is 20.1. The normalized spacial score (nSPS) is 14.7. The number of aliphatic hydroxyl groups is 1. The van der Waals surface area contributed by atoms with Crippen LogP contribution in [0.3, 0.4) is 0 Å². The van der Waals surface area contributed by atoms with Gasteiger partial charge in [-0.15, -0.1) is 0 Å². The van der Waals surface area contributed by atoms with Gasteiger partial charge in [0.15, 0.2) is 8.32 Å². The Morgan fingerprint density at radius 2 is 1.02 bits per heavy atom. The molecule has 8 rings (SSSR count). The van der Waals surface area contributed by atoms with Crippen molar-refractivity contribution >= 4 is 88.5 Å². The minimum Gasteiger partial charge on any atom is -0.496 e. The molecule has 2 aliphatic heterocycles. The van der Waals surface area contributed by atoms with Crippen molar-refractivity contribution in [1.29, 1.82) is 0 Å². The molecule has 0 saturated carbocycles. The molecular weight excluding hydrogens is 1130 g/mol. The van der Waals surface area contributed by atoms with Crippen LogP contribution in [-0.2, 0) is 36.3 Å². The molecule has 83 heavy (non-hydrogen) atoms. The van der Waals surface area contributed by atoms with Crippen molar-refractivity contribution in [3.63, 3.8) is 0 Å². The molecule has 2 atom stereocenters. The SMILES string of the molecule is COC(=O)c1cn([C@H](CO)C(C)C)c2cc(OC)c(Cc3cc(N4CCCC4=O)cc(Cl)c3F)cc2c1=O.COC(=O)c1cn([C@H](CO[Si](C)(C)C(C)(C)C)C(C)C)c2cc(OC)c(Cc3cc(N4CCCC4=O)cc(Cl)c3F)cc2c1=O. The van der Waals surface area contributed by atoms with Gasteiger partial charge in [0.1, 0.15) is 34.3 Å². The topological polar surface area (TPSA) is 185 Å². The molecule has 0 unspecified atom stereocenters. The lowest BCUT2D eigenvalue weighted by Crippen LogP contribution is -2.42. The zero-order valence-electron chi connectivity index (χ0n) is 49.4. The van der Waals surface area contributed by atoms with E-state index in [9.17, 15) is 33.9 Å². The van der Waals surface area contributed by atoms with Crippen LogP contribution in [0.5, 0.6) is 11.5 Å². The quantitative estimate of drug-likeness (QED) is 0.0635. The highest BCUT2D eigenvalue weighted by molar-refractivity contribution is 6.74. The zero-order chi connectivity index (χ0) is 61.2. The number of methoxy groups -OCH3 is 4. The molecule has 1 N–H and O–H groups in total. The summed E-state index contributed by atoms with van der Waals surface area (Å²) in [6, 6.07) is 12.0. The Balaban J connectivity index is 0.000000242. The molecule has 0 spiro atoms. The lowest BCUT2D eigenvalue weighted by atomic mass is 9.98. The molecular formula is C62H74Cl2F2N4O12Si.